The molecule has 1 heterocycles. The topological polar surface area (TPSA) is 12.9 Å². The van der Waals surface area contributed by atoms with Crippen LogP contribution in [0, 0.1) is 0 Å². The van der Waals surface area contributed by atoms with Crippen LogP contribution in [0.5, 0.6) is 0 Å². The number of nitrogens with zero attached hydrogens (tertiary/aromatic N) is 1. The molecule has 11 rings (SSSR count). The lowest BCUT2D eigenvalue weighted by Crippen LogP contribution is -1.90. The van der Waals surface area contributed by atoms with Crippen molar-refractivity contribution in [3.63, 3.8) is 0 Å². The SMILES string of the molecule is C1=CCC2=C(C=C1)c1cccc3c(-c4cc(-c5ccc(-c6cccnc6)cc5)cc(-c5ccc6c7c(cccc57)-c5ccccc5-6)c4)ccc2c13. The molecular formula is C50H31N. The summed E-state index contributed by atoms with van der Waals surface area (Å²) in [6, 6.07) is 52.1. The van der Waals surface area contributed by atoms with Gasteiger partial charge >= 0.3 is 0 Å². The van der Waals surface area contributed by atoms with Crippen LogP contribution < -0.4 is 0 Å². The highest BCUT2D eigenvalue weighted by molar-refractivity contribution is 6.20. The molecule has 0 unspecified atom stereocenters. The largest absolute Gasteiger partial charge is 0.264 e. The summed E-state index contributed by atoms with van der Waals surface area (Å²) in [5.41, 5.74) is 20.5. The molecule has 0 saturated carbocycles. The minimum atomic E-state index is 0.953. The molecule has 0 radical (unpaired) electrons. The third-order valence-electron chi connectivity index (χ3n) is 11.1. The lowest BCUT2D eigenvalue weighted by Gasteiger charge is -2.16. The van der Waals surface area contributed by atoms with Crippen molar-refractivity contribution >= 4 is 32.7 Å². The van der Waals surface area contributed by atoms with Gasteiger partial charge < -0.3 is 0 Å². The van der Waals surface area contributed by atoms with E-state index in [0.717, 1.165) is 12.0 Å². The zero-order valence-corrected chi connectivity index (χ0v) is 27.9. The third kappa shape index (κ3) is 4.25. The highest BCUT2D eigenvalue weighted by Crippen LogP contribution is 2.51. The van der Waals surface area contributed by atoms with Crippen LogP contribution in [0.1, 0.15) is 17.5 Å². The average molecular weight is 646 g/mol. The van der Waals surface area contributed by atoms with Crippen LogP contribution in [0.2, 0.25) is 0 Å². The van der Waals surface area contributed by atoms with E-state index in [2.05, 4.69) is 163 Å². The van der Waals surface area contributed by atoms with Crippen LogP contribution >= 0.6 is 0 Å². The van der Waals surface area contributed by atoms with Gasteiger partial charge in [-0.15, -0.1) is 0 Å². The molecule has 0 bridgehead atoms. The Hall–Kier alpha value is -6.57. The van der Waals surface area contributed by atoms with E-state index in [1.807, 2.05) is 18.5 Å². The Balaban J connectivity index is 1.13. The molecule has 0 saturated heterocycles. The standard InChI is InChI=1S/C50H31N/c1-2-10-39-41(11-3-1)47-24-22-37(43-14-6-16-45(39)49(43)47)35-27-34(32-20-18-31(19-21-32)33-9-8-26-51-30-33)28-36(29-35)38-23-25-48-42-13-5-4-12-40(42)46-17-7-15-44(38)50(46)48/h1-10,12-30H,11H2. The molecular weight excluding hydrogens is 615 g/mol. The first-order chi connectivity index (χ1) is 25.3. The first kappa shape index (κ1) is 28.3. The number of rotatable bonds is 4. The maximum absolute atomic E-state index is 4.35. The van der Waals surface area contributed by atoms with E-state index in [1.54, 1.807) is 0 Å². The molecule has 1 heteroatoms. The molecule has 1 aromatic heterocycles. The van der Waals surface area contributed by atoms with Crippen molar-refractivity contribution < 1.29 is 0 Å². The van der Waals surface area contributed by atoms with Crippen molar-refractivity contribution in [1.29, 1.82) is 0 Å². The van der Waals surface area contributed by atoms with E-state index < -0.39 is 0 Å². The van der Waals surface area contributed by atoms with E-state index in [0.29, 0.717) is 0 Å². The van der Waals surface area contributed by atoms with Crippen LogP contribution in [0.3, 0.4) is 0 Å². The molecule has 3 aliphatic carbocycles. The lowest BCUT2D eigenvalue weighted by molar-refractivity contribution is 1.33. The van der Waals surface area contributed by atoms with Gasteiger partial charge in [0, 0.05) is 12.4 Å². The van der Waals surface area contributed by atoms with Crippen LogP contribution in [0.15, 0.2) is 176 Å². The number of hydrogen-bond acceptors (Lipinski definition) is 1. The Morgan fingerprint density at radius 3 is 1.69 bits per heavy atom. The molecule has 0 amide bonds. The van der Waals surface area contributed by atoms with E-state index in [1.165, 1.54) is 105 Å². The van der Waals surface area contributed by atoms with Gasteiger partial charge in [0.1, 0.15) is 0 Å². The Morgan fingerprint density at radius 2 is 0.980 bits per heavy atom. The quantitative estimate of drug-likeness (QED) is 0.186. The molecule has 0 fully saturated rings. The second-order valence-corrected chi connectivity index (χ2v) is 13.8. The molecule has 0 atom stereocenters. The number of pyridine rings is 1. The second kappa shape index (κ2) is 11.0. The Bertz CT molecular complexity index is 2820. The van der Waals surface area contributed by atoms with Crippen LogP contribution in [0.4, 0.5) is 0 Å². The molecule has 3 aliphatic rings. The smallest absolute Gasteiger partial charge is 0.0346 e. The molecule has 0 aliphatic heterocycles. The number of benzene rings is 7. The third-order valence-corrected chi connectivity index (χ3v) is 11.1. The van der Waals surface area contributed by atoms with Gasteiger partial charge in [-0.3, -0.25) is 4.98 Å². The first-order valence-electron chi connectivity index (χ1n) is 17.8. The van der Waals surface area contributed by atoms with E-state index in [9.17, 15) is 0 Å². The number of hydrogen-bond donors (Lipinski definition) is 0. The Labute approximate surface area is 297 Å². The van der Waals surface area contributed by atoms with Crippen molar-refractivity contribution in [2.24, 2.45) is 0 Å². The van der Waals surface area contributed by atoms with Gasteiger partial charge in [-0.25, -0.2) is 0 Å². The minimum Gasteiger partial charge on any atom is -0.264 e. The normalized spacial score (nSPS) is 13.6. The minimum absolute atomic E-state index is 0.953. The second-order valence-electron chi connectivity index (χ2n) is 13.8. The summed E-state index contributed by atoms with van der Waals surface area (Å²) >= 11 is 0. The van der Waals surface area contributed by atoms with E-state index in [-0.39, 0.29) is 0 Å². The average Bonchev–Trinajstić information content (AvgIpc) is 3.56. The lowest BCUT2D eigenvalue weighted by atomic mass is 9.87. The number of allylic oxidation sites excluding steroid dienone is 6. The zero-order chi connectivity index (χ0) is 33.5. The van der Waals surface area contributed by atoms with Crippen molar-refractivity contribution in [3.05, 3.63) is 187 Å². The number of aromatic nitrogens is 1. The summed E-state index contributed by atoms with van der Waals surface area (Å²) in [5, 5.41) is 5.32. The summed E-state index contributed by atoms with van der Waals surface area (Å²) in [6.07, 6.45) is 13.6. The van der Waals surface area contributed by atoms with Gasteiger partial charge in [0.25, 0.3) is 0 Å². The Morgan fingerprint density at radius 1 is 0.392 bits per heavy atom. The molecule has 0 spiro atoms. The van der Waals surface area contributed by atoms with Crippen LogP contribution in [-0.4, -0.2) is 4.98 Å². The van der Waals surface area contributed by atoms with Crippen LogP contribution in [0.25, 0.3) is 99.5 Å². The van der Waals surface area contributed by atoms with Gasteiger partial charge in [0.05, 0.1) is 0 Å². The predicted molar refractivity (Wildman–Crippen MR) is 215 cm³/mol. The van der Waals surface area contributed by atoms with Crippen molar-refractivity contribution in [1.82, 2.24) is 4.98 Å². The highest BCUT2D eigenvalue weighted by Gasteiger charge is 2.25. The summed E-state index contributed by atoms with van der Waals surface area (Å²) in [6.45, 7) is 0. The first-order valence-corrected chi connectivity index (χ1v) is 17.8. The fourth-order valence-electron chi connectivity index (χ4n) is 8.82. The molecule has 1 nitrogen and oxygen atoms in total. The fraction of sp³-hybridized carbons (Fsp3) is 0.0200. The summed E-state index contributed by atoms with van der Waals surface area (Å²) < 4.78 is 0. The summed E-state index contributed by atoms with van der Waals surface area (Å²) in [5.74, 6) is 0. The molecule has 0 N–H and O–H groups in total. The van der Waals surface area contributed by atoms with Crippen molar-refractivity contribution in [2.75, 3.05) is 0 Å². The van der Waals surface area contributed by atoms with Gasteiger partial charge in [0.15, 0.2) is 0 Å². The molecule has 8 aromatic rings. The van der Waals surface area contributed by atoms with Crippen LogP contribution in [-0.2, 0) is 0 Å². The highest BCUT2D eigenvalue weighted by atomic mass is 14.6. The number of fused-ring (bicyclic) bond motifs is 5. The molecule has 51 heavy (non-hydrogen) atoms. The molecule has 236 valence electrons. The van der Waals surface area contributed by atoms with Gasteiger partial charge in [-0.1, -0.05) is 140 Å². The maximum atomic E-state index is 4.35. The van der Waals surface area contributed by atoms with Crippen molar-refractivity contribution in [3.8, 4) is 66.8 Å². The summed E-state index contributed by atoms with van der Waals surface area (Å²) in [4.78, 5) is 4.35. The zero-order valence-electron chi connectivity index (χ0n) is 27.9. The molecule has 7 aromatic carbocycles. The predicted octanol–water partition coefficient (Wildman–Crippen LogP) is 13.4. The maximum Gasteiger partial charge on any atom is 0.0346 e. The fourth-order valence-corrected chi connectivity index (χ4v) is 8.82. The van der Waals surface area contributed by atoms with Gasteiger partial charge in [-0.2, -0.15) is 0 Å². The van der Waals surface area contributed by atoms with E-state index in [4.69, 9.17) is 0 Å². The monoisotopic (exact) mass is 645 g/mol. The van der Waals surface area contributed by atoms with Gasteiger partial charge in [-0.05, 0) is 141 Å². The van der Waals surface area contributed by atoms with E-state index >= 15 is 0 Å². The summed E-state index contributed by atoms with van der Waals surface area (Å²) in [7, 11) is 0. The van der Waals surface area contributed by atoms with Gasteiger partial charge in [0.2, 0.25) is 0 Å². The van der Waals surface area contributed by atoms with Crippen molar-refractivity contribution in [2.45, 2.75) is 6.42 Å². The Kier molecular flexibility index (Phi) is 6.08.